The monoisotopic (exact) mass is 412 g/mol. The van der Waals surface area contributed by atoms with E-state index in [4.69, 9.17) is 19.9 Å². The Morgan fingerprint density at radius 3 is 2.83 bits per heavy atom. The number of benzene rings is 1. The van der Waals surface area contributed by atoms with E-state index in [1.807, 2.05) is 30.3 Å². The fourth-order valence-electron chi connectivity index (χ4n) is 3.39. The van der Waals surface area contributed by atoms with Crippen molar-refractivity contribution in [1.82, 2.24) is 9.88 Å². The zero-order valence-electron chi connectivity index (χ0n) is 16.5. The number of nitrogens with one attached hydrogen (secondary N) is 1. The number of pyridine rings is 1. The van der Waals surface area contributed by atoms with Gasteiger partial charge in [-0.2, -0.15) is 0 Å². The second-order valence-electron chi connectivity index (χ2n) is 7.37. The van der Waals surface area contributed by atoms with Crippen molar-refractivity contribution < 1.29 is 23.8 Å². The van der Waals surface area contributed by atoms with Crippen molar-refractivity contribution in [1.29, 1.82) is 0 Å². The quantitative estimate of drug-likeness (QED) is 0.739. The summed E-state index contributed by atoms with van der Waals surface area (Å²) in [5.41, 5.74) is 7.61. The van der Waals surface area contributed by atoms with E-state index < -0.39 is 6.09 Å². The SMILES string of the molecule is N[C@@H]1COC[C@H]1CN(Cc1ccc2c(n1)NC(=O)CO2)C(=O)OCc1ccccc1. The van der Waals surface area contributed by atoms with E-state index >= 15 is 0 Å². The van der Waals surface area contributed by atoms with Crippen molar-refractivity contribution in [2.45, 2.75) is 19.2 Å². The fraction of sp³-hybridized carbons (Fsp3) is 0.381. The van der Waals surface area contributed by atoms with Gasteiger partial charge < -0.3 is 30.2 Å². The molecule has 9 heteroatoms. The number of nitrogens with zero attached hydrogens (tertiary/aromatic N) is 2. The van der Waals surface area contributed by atoms with Gasteiger partial charge in [0.2, 0.25) is 0 Å². The molecule has 4 rings (SSSR count). The number of rotatable bonds is 6. The Morgan fingerprint density at radius 2 is 2.07 bits per heavy atom. The van der Waals surface area contributed by atoms with Crippen LogP contribution in [0.1, 0.15) is 11.3 Å². The highest BCUT2D eigenvalue weighted by molar-refractivity contribution is 5.94. The molecule has 1 aromatic carbocycles. The zero-order chi connectivity index (χ0) is 20.9. The van der Waals surface area contributed by atoms with Crippen LogP contribution in [0.15, 0.2) is 42.5 Å². The van der Waals surface area contributed by atoms with E-state index in [-0.39, 0.29) is 37.6 Å². The number of hydrogen-bond donors (Lipinski definition) is 2. The van der Waals surface area contributed by atoms with E-state index in [2.05, 4.69) is 10.3 Å². The Hall–Kier alpha value is -3.17. The van der Waals surface area contributed by atoms with Crippen molar-refractivity contribution in [3.8, 4) is 5.75 Å². The van der Waals surface area contributed by atoms with Crippen molar-refractivity contribution in [2.75, 3.05) is 31.7 Å². The molecule has 2 atom stereocenters. The minimum Gasteiger partial charge on any atom is -0.480 e. The van der Waals surface area contributed by atoms with Crippen LogP contribution in [0, 0.1) is 5.92 Å². The van der Waals surface area contributed by atoms with Gasteiger partial charge in [-0.05, 0) is 17.7 Å². The van der Waals surface area contributed by atoms with Crippen LogP contribution in [0.2, 0.25) is 0 Å². The first-order chi connectivity index (χ1) is 14.6. The molecule has 0 saturated carbocycles. The zero-order valence-corrected chi connectivity index (χ0v) is 16.5. The minimum atomic E-state index is -0.460. The van der Waals surface area contributed by atoms with Crippen molar-refractivity contribution >= 4 is 17.8 Å². The number of carbonyl (C=O) groups excluding carboxylic acids is 2. The average molecular weight is 412 g/mol. The van der Waals surface area contributed by atoms with Crippen molar-refractivity contribution in [3.05, 3.63) is 53.7 Å². The normalized spacial score (nSPS) is 20.1. The van der Waals surface area contributed by atoms with Crippen LogP contribution in [-0.2, 0) is 27.4 Å². The highest BCUT2D eigenvalue weighted by atomic mass is 16.6. The molecule has 3 heterocycles. The van der Waals surface area contributed by atoms with Gasteiger partial charge in [-0.3, -0.25) is 4.79 Å². The number of ether oxygens (including phenoxy) is 3. The topological polar surface area (TPSA) is 116 Å². The van der Waals surface area contributed by atoms with Crippen LogP contribution < -0.4 is 15.8 Å². The Bertz CT molecular complexity index is 908. The lowest BCUT2D eigenvalue weighted by atomic mass is 10.0. The third kappa shape index (κ3) is 4.87. The molecule has 3 N–H and O–H groups in total. The number of aromatic nitrogens is 1. The number of nitrogens with two attached hydrogens (primary N) is 1. The molecule has 2 aliphatic heterocycles. The Balaban J connectivity index is 1.47. The molecule has 158 valence electrons. The lowest BCUT2D eigenvalue weighted by Gasteiger charge is -2.26. The Morgan fingerprint density at radius 1 is 1.23 bits per heavy atom. The van der Waals surface area contributed by atoms with Crippen LogP contribution in [0.25, 0.3) is 0 Å². The van der Waals surface area contributed by atoms with Crippen LogP contribution in [0.4, 0.5) is 10.6 Å². The van der Waals surface area contributed by atoms with E-state index in [0.29, 0.717) is 37.0 Å². The minimum absolute atomic E-state index is 0.00920. The maximum atomic E-state index is 12.9. The molecule has 1 fully saturated rings. The van der Waals surface area contributed by atoms with Gasteiger partial charge in [0.05, 0.1) is 25.5 Å². The van der Waals surface area contributed by atoms with Gasteiger partial charge >= 0.3 is 6.09 Å². The van der Waals surface area contributed by atoms with Crippen LogP contribution in [-0.4, -0.2) is 54.3 Å². The molecule has 0 aliphatic carbocycles. The predicted molar refractivity (Wildman–Crippen MR) is 108 cm³/mol. The molecule has 30 heavy (non-hydrogen) atoms. The number of fused-ring (bicyclic) bond motifs is 1. The van der Waals surface area contributed by atoms with E-state index in [1.165, 1.54) is 0 Å². The summed E-state index contributed by atoms with van der Waals surface area (Å²) in [7, 11) is 0. The molecular weight excluding hydrogens is 388 g/mol. The molecule has 9 nitrogen and oxygen atoms in total. The van der Waals surface area contributed by atoms with Gasteiger partial charge in [0.15, 0.2) is 18.2 Å². The van der Waals surface area contributed by atoms with Crippen LogP contribution in [0.5, 0.6) is 5.75 Å². The average Bonchev–Trinajstić information content (AvgIpc) is 3.16. The van der Waals surface area contributed by atoms with E-state index in [9.17, 15) is 9.59 Å². The van der Waals surface area contributed by atoms with Gasteiger partial charge in [-0.1, -0.05) is 30.3 Å². The number of hydrogen-bond acceptors (Lipinski definition) is 7. The number of anilines is 1. The molecule has 2 aromatic rings. The van der Waals surface area contributed by atoms with Crippen LogP contribution >= 0.6 is 0 Å². The molecular formula is C21H24N4O5. The Kier molecular flexibility index (Phi) is 6.10. The smallest absolute Gasteiger partial charge is 0.410 e. The largest absolute Gasteiger partial charge is 0.480 e. The number of amides is 2. The molecule has 0 bridgehead atoms. The first-order valence-corrected chi connectivity index (χ1v) is 9.80. The van der Waals surface area contributed by atoms with Crippen LogP contribution in [0.3, 0.4) is 0 Å². The second-order valence-corrected chi connectivity index (χ2v) is 7.37. The summed E-state index contributed by atoms with van der Waals surface area (Å²) >= 11 is 0. The summed E-state index contributed by atoms with van der Waals surface area (Å²) in [6.45, 7) is 1.69. The van der Waals surface area contributed by atoms with Gasteiger partial charge in [-0.15, -0.1) is 0 Å². The molecule has 2 aliphatic rings. The van der Waals surface area contributed by atoms with Gasteiger partial charge in [0.1, 0.15) is 6.61 Å². The van der Waals surface area contributed by atoms with E-state index in [0.717, 1.165) is 5.56 Å². The highest BCUT2D eigenvalue weighted by Crippen LogP contribution is 2.26. The van der Waals surface area contributed by atoms with E-state index in [1.54, 1.807) is 17.0 Å². The summed E-state index contributed by atoms with van der Waals surface area (Å²) in [5.74, 6) is 0.598. The predicted octanol–water partition coefficient (Wildman–Crippen LogP) is 1.52. The highest BCUT2D eigenvalue weighted by Gasteiger charge is 2.30. The molecule has 0 unspecified atom stereocenters. The summed E-state index contributed by atoms with van der Waals surface area (Å²) in [6, 6.07) is 12.8. The van der Waals surface area contributed by atoms with Gasteiger partial charge in [0.25, 0.3) is 5.91 Å². The van der Waals surface area contributed by atoms with Crippen molar-refractivity contribution in [3.63, 3.8) is 0 Å². The van der Waals surface area contributed by atoms with Gasteiger partial charge in [-0.25, -0.2) is 9.78 Å². The fourth-order valence-corrected chi connectivity index (χ4v) is 3.39. The molecule has 2 amide bonds. The maximum Gasteiger partial charge on any atom is 0.410 e. The molecule has 0 radical (unpaired) electrons. The van der Waals surface area contributed by atoms with Gasteiger partial charge in [0, 0.05) is 18.5 Å². The summed E-state index contributed by atoms with van der Waals surface area (Å²) in [4.78, 5) is 30.4. The first-order valence-electron chi connectivity index (χ1n) is 9.80. The second kappa shape index (κ2) is 9.10. The van der Waals surface area contributed by atoms with Crippen molar-refractivity contribution in [2.24, 2.45) is 11.7 Å². The molecule has 1 saturated heterocycles. The summed E-state index contributed by atoms with van der Waals surface area (Å²) in [5, 5.41) is 2.68. The standard InChI is InChI=1S/C21H24N4O5/c22-17-12-28-11-15(17)8-25(21(27)30-10-14-4-2-1-3-5-14)9-16-6-7-18-20(23-16)24-19(26)13-29-18/h1-7,15,17H,8-13,22H2,(H,23,24,26)/t15-,17-/m1/s1. The molecule has 0 spiro atoms. The lowest BCUT2D eigenvalue weighted by Crippen LogP contribution is -2.41. The third-order valence-corrected chi connectivity index (χ3v) is 5.05. The lowest BCUT2D eigenvalue weighted by molar-refractivity contribution is -0.118. The summed E-state index contributed by atoms with van der Waals surface area (Å²) < 4.78 is 16.3. The third-order valence-electron chi connectivity index (χ3n) is 5.05. The number of carbonyl (C=O) groups is 2. The molecule has 1 aromatic heterocycles. The summed E-state index contributed by atoms with van der Waals surface area (Å²) in [6.07, 6.45) is -0.460. The maximum absolute atomic E-state index is 12.9. The Labute approximate surface area is 174 Å². The first kappa shape index (κ1) is 20.1.